The highest BCUT2D eigenvalue weighted by molar-refractivity contribution is 7.99. The van der Waals surface area contributed by atoms with Crippen molar-refractivity contribution in [3.8, 4) is 0 Å². The number of carboxylic acid groups (broad SMARTS) is 1. The number of aliphatic hydroxyl groups excluding tert-OH is 1. The SMILES string of the molecule is O=C(O)c1cc(SCCOCCO)ccn1. The molecule has 0 spiro atoms. The summed E-state index contributed by atoms with van der Waals surface area (Å²) < 4.78 is 5.08. The van der Waals surface area contributed by atoms with Crippen LogP contribution >= 0.6 is 11.8 Å². The zero-order valence-electron chi connectivity index (χ0n) is 8.63. The first kappa shape index (κ1) is 13.0. The van der Waals surface area contributed by atoms with Crippen LogP contribution in [-0.2, 0) is 4.74 Å². The lowest BCUT2D eigenvalue weighted by molar-refractivity contribution is 0.0690. The highest BCUT2D eigenvalue weighted by Crippen LogP contribution is 2.17. The van der Waals surface area contributed by atoms with Gasteiger partial charge in [0, 0.05) is 16.8 Å². The van der Waals surface area contributed by atoms with E-state index in [-0.39, 0.29) is 12.3 Å². The van der Waals surface area contributed by atoms with Gasteiger partial charge in [0.2, 0.25) is 0 Å². The third-order valence-corrected chi connectivity index (χ3v) is 2.64. The predicted molar refractivity (Wildman–Crippen MR) is 59.8 cm³/mol. The summed E-state index contributed by atoms with van der Waals surface area (Å²) in [6.45, 7) is 0.871. The number of rotatable bonds is 7. The van der Waals surface area contributed by atoms with E-state index in [9.17, 15) is 4.79 Å². The second-order valence-electron chi connectivity index (χ2n) is 2.87. The minimum absolute atomic E-state index is 0.0170. The molecule has 5 nitrogen and oxygen atoms in total. The highest BCUT2D eigenvalue weighted by Gasteiger charge is 2.04. The van der Waals surface area contributed by atoms with Gasteiger partial charge < -0.3 is 14.9 Å². The Morgan fingerprint density at radius 2 is 2.31 bits per heavy atom. The molecule has 0 amide bonds. The van der Waals surface area contributed by atoms with Crippen LogP contribution in [0.25, 0.3) is 0 Å². The van der Waals surface area contributed by atoms with E-state index in [4.69, 9.17) is 14.9 Å². The summed E-state index contributed by atoms with van der Waals surface area (Å²) in [6, 6.07) is 3.28. The molecular formula is C10H13NO4S. The van der Waals surface area contributed by atoms with Crippen LogP contribution < -0.4 is 0 Å². The summed E-state index contributed by atoms with van der Waals surface area (Å²) >= 11 is 1.49. The fourth-order valence-corrected chi connectivity index (χ4v) is 1.79. The summed E-state index contributed by atoms with van der Waals surface area (Å²) in [7, 11) is 0. The number of thioether (sulfide) groups is 1. The molecule has 0 aromatic carbocycles. The molecule has 16 heavy (non-hydrogen) atoms. The van der Waals surface area contributed by atoms with Gasteiger partial charge in [-0.15, -0.1) is 11.8 Å². The van der Waals surface area contributed by atoms with Gasteiger partial charge in [0.25, 0.3) is 0 Å². The Balaban J connectivity index is 2.36. The summed E-state index contributed by atoms with van der Waals surface area (Å²) in [5.41, 5.74) is 0.0428. The maximum Gasteiger partial charge on any atom is 0.354 e. The molecule has 1 aromatic rings. The zero-order valence-corrected chi connectivity index (χ0v) is 9.44. The maximum absolute atomic E-state index is 10.6. The average molecular weight is 243 g/mol. The fraction of sp³-hybridized carbons (Fsp3) is 0.400. The van der Waals surface area contributed by atoms with Crippen LogP contribution in [0.15, 0.2) is 23.2 Å². The molecule has 1 rings (SSSR count). The molecule has 1 aromatic heterocycles. The number of aromatic nitrogens is 1. The van der Waals surface area contributed by atoms with Gasteiger partial charge in [-0.25, -0.2) is 9.78 Å². The number of pyridine rings is 1. The van der Waals surface area contributed by atoms with Crippen LogP contribution in [0, 0.1) is 0 Å². The smallest absolute Gasteiger partial charge is 0.354 e. The van der Waals surface area contributed by atoms with Gasteiger partial charge in [-0.2, -0.15) is 0 Å². The molecule has 0 saturated heterocycles. The minimum atomic E-state index is -1.03. The zero-order chi connectivity index (χ0) is 11.8. The predicted octanol–water partition coefficient (Wildman–Crippen LogP) is 0.881. The van der Waals surface area contributed by atoms with Crippen molar-refractivity contribution in [2.75, 3.05) is 25.6 Å². The number of hydrogen-bond donors (Lipinski definition) is 2. The van der Waals surface area contributed by atoms with Gasteiger partial charge in [0.1, 0.15) is 5.69 Å². The molecule has 0 saturated carbocycles. The van der Waals surface area contributed by atoms with Crippen LogP contribution in [0.4, 0.5) is 0 Å². The monoisotopic (exact) mass is 243 g/mol. The van der Waals surface area contributed by atoms with E-state index in [2.05, 4.69) is 4.98 Å². The number of ether oxygens (including phenoxy) is 1. The van der Waals surface area contributed by atoms with Crippen molar-refractivity contribution in [1.82, 2.24) is 4.98 Å². The molecule has 2 N–H and O–H groups in total. The Hall–Kier alpha value is -1.11. The Bertz CT molecular complexity index is 345. The second kappa shape index (κ2) is 7.21. The molecule has 0 atom stereocenters. The van der Waals surface area contributed by atoms with E-state index in [1.165, 1.54) is 24.0 Å². The maximum atomic E-state index is 10.6. The summed E-state index contributed by atoms with van der Waals surface area (Å²) in [4.78, 5) is 15.2. The van der Waals surface area contributed by atoms with E-state index < -0.39 is 5.97 Å². The molecule has 0 aliphatic rings. The quantitative estimate of drug-likeness (QED) is 0.546. The number of aromatic carboxylic acids is 1. The summed E-state index contributed by atoms with van der Waals surface area (Å²) in [6.07, 6.45) is 1.47. The Labute approximate surface area is 97.5 Å². The number of nitrogens with zero attached hydrogens (tertiary/aromatic N) is 1. The molecule has 0 unspecified atom stereocenters. The number of aliphatic hydroxyl groups is 1. The van der Waals surface area contributed by atoms with Crippen molar-refractivity contribution < 1.29 is 19.7 Å². The Morgan fingerprint density at radius 1 is 1.50 bits per heavy atom. The van der Waals surface area contributed by atoms with Crippen molar-refractivity contribution in [3.05, 3.63) is 24.0 Å². The molecule has 0 aliphatic carbocycles. The molecule has 0 aliphatic heterocycles. The molecule has 0 radical (unpaired) electrons. The third-order valence-electron chi connectivity index (χ3n) is 1.68. The lowest BCUT2D eigenvalue weighted by Gasteiger charge is -2.03. The minimum Gasteiger partial charge on any atom is -0.477 e. The van der Waals surface area contributed by atoms with Crippen molar-refractivity contribution in [2.45, 2.75) is 4.90 Å². The van der Waals surface area contributed by atoms with E-state index in [0.29, 0.717) is 19.0 Å². The van der Waals surface area contributed by atoms with E-state index in [1.54, 1.807) is 6.07 Å². The van der Waals surface area contributed by atoms with Gasteiger partial charge in [0.05, 0.1) is 19.8 Å². The molecule has 0 bridgehead atoms. The molecular weight excluding hydrogens is 230 g/mol. The first-order chi connectivity index (χ1) is 7.74. The largest absolute Gasteiger partial charge is 0.477 e. The van der Waals surface area contributed by atoms with Crippen molar-refractivity contribution in [1.29, 1.82) is 0 Å². The molecule has 6 heteroatoms. The number of hydrogen-bond acceptors (Lipinski definition) is 5. The van der Waals surface area contributed by atoms with Gasteiger partial charge in [-0.05, 0) is 12.1 Å². The normalized spacial score (nSPS) is 10.3. The summed E-state index contributed by atoms with van der Waals surface area (Å²) in [5.74, 6) is -0.317. The number of carboxylic acids is 1. The lowest BCUT2D eigenvalue weighted by atomic mass is 10.3. The van der Waals surface area contributed by atoms with E-state index >= 15 is 0 Å². The molecule has 88 valence electrons. The van der Waals surface area contributed by atoms with Crippen LogP contribution in [0.3, 0.4) is 0 Å². The van der Waals surface area contributed by atoms with Crippen molar-refractivity contribution in [3.63, 3.8) is 0 Å². The number of carbonyl (C=O) groups is 1. The van der Waals surface area contributed by atoms with Crippen LogP contribution in [0.2, 0.25) is 0 Å². The van der Waals surface area contributed by atoms with Crippen LogP contribution in [0.1, 0.15) is 10.5 Å². The first-order valence-electron chi connectivity index (χ1n) is 4.75. The third kappa shape index (κ3) is 4.61. The second-order valence-corrected chi connectivity index (χ2v) is 4.03. The molecule has 1 heterocycles. The van der Waals surface area contributed by atoms with Crippen molar-refractivity contribution >= 4 is 17.7 Å². The van der Waals surface area contributed by atoms with Crippen LogP contribution in [0.5, 0.6) is 0 Å². The van der Waals surface area contributed by atoms with Gasteiger partial charge in [-0.1, -0.05) is 0 Å². The lowest BCUT2D eigenvalue weighted by Crippen LogP contribution is -2.03. The van der Waals surface area contributed by atoms with Gasteiger partial charge in [-0.3, -0.25) is 0 Å². The summed E-state index contributed by atoms with van der Waals surface area (Å²) in [5, 5.41) is 17.2. The standard InChI is InChI=1S/C10H13NO4S/c12-3-4-15-5-6-16-8-1-2-11-9(7-8)10(13)14/h1-2,7,12H,3-6H2,(H,13,14). The average Bonchev–Trinajstić information content (AvgIpc) is 2.29. The highest BCUT2D eigenvalue weighted by atomic mass is 32.2. The van der Waals surface area contributed by atoms with E-state index in [0.717, 1.165) is 4.90 Å². The van der Waals surface area contributed by atoms with Gasteiger partial charge in [0.15, 0.2) is 0 Å². The van der Waals surface area contributed by atoms with Crippen molar-refractivity contribution in [2.24, 2.45) is 0 Å². The Morgan fingerprint density at radius 3 is 3.00 bits per heavy atom. The molecule has 0 fully saturated rings. The topological polar surface area (TPSA) is 79.7 Å². The van der Waals surface area contributed by atoms with Crippen LogP contribution in [-0.4, -0.2) is 46.7 Å². The first-order valence-corrected chi connectivity index (χ1v) is 5.73. The fourth-order valence-electron chi connectivity index (χ4n) is 1.00. The van der Waals surface area contributed by atoms with E-state index in [1.807, 2.05) is 0 Å². The van der Waals surface area contributed by atoms with Gasteiger partial charge >= 0.3 is 5.97 Å². The Kier molecular flexibility index (Phi) is 5.84.